The molecule has 1 N–H and O–H groups in total. The van der Waals surface area contributed by atoms with Crippen LogP contribution in [-0.2, 0) is 10.1 Å². The maximum atomic E-state index is 10.7. The molecule has 8 heteroatoms. The third-order valence-corrected chi connectivity index (χ3v) is 0.877. The van der Waals surface area contributed by atoms with E-state index in [1.807, 2.05) is 0 Å². The van der Waals surface area contributed by atoms with Gasteiger partial charge in [0.2, 0.25) is 0 Å². The van der Waals surface area contributed by atoms with E-state index in [2.05, 4.69) is 0 Å². The van der Waals surface area contributed by atoms with Crippen molar-refractivity contribution in [3.8, 4) is 0 Å². The number of hydrogen-bond donors (Lipinski definition) is 1. The van der Waals surface area contributed by atoms with Crippen LogP contribution in [0.3, 0.4) is 0 Å². The van der Waals surface area contributed by atoms with Gasteiger partial charge in [0, 0.05) is 36.9 Å². The summed E-state index contributed by atoms with van der Waals surface area (Å²) in [6, 6.07) is 0. The van der Waals surface area contributed by atoms with Crippen LogP contribution >= 0.6 is 0 Å². The molecule has 65 valence electrons. The third-order valence-electron chi connectivity index (χ3n) is 0.292. The summed E-state index contributed by atoms with van der Waals surface area (Å²) < 4.78 is 57.5. The van der Waals surface area contributed by atoms with E-state index in [1.165, 1.54) is 0 Å². The smallest absolute Gasteiger partial charge is 0.279 e. The first-order valence-corrected chi connectivity index (χ1v) is 2.73. The zero-order valence-corrected chi connectivity index (χ0v) is 6.04. The van der Waals surface area contributed by atoms with Crippen LogP contribution in [0.5, 0.6) is 0 Å². The standard InChI is InChI=1S/CHF3O3S.Lu/c2-1(3,4)8(5,6)7;/h(H,5,6,7);. The Morgan fingerprint density at radius 2 is 1.33 bits per heavy atom. The van der Waals surface area contributed by atoms with E-state index in [-0.39, 0.29) is 36.9 Å². The summed E-state index contributed by atoms with van der Waals surface area (Å²) in [6.07, 6.45) is 0. The Bertz CT molecular complexity index is 168. The Morgan fingerprint density at radius 3 is 1.33 bits per heavy atom. The second-order valence-corrected chi connectivity index (χ2v) is 2.33. The molecule has 0 aromatic rings. The minimum Gasteiger partial charge on any atom is -0.279 e. The van der Waals surface area contributed by atoms with Gasteiger partial charge in [-0.1, -0.05) is 0 Å². The van der Waals surface area contributed by atoms with Crippen LogP contribution in [0.4, 0.5) is 13.2 Å². The Balaban J connectivity index is 0. The van der Waals surface area contributed by atoms with Crippen molar-refractivity contribution >= 4 is 10.1 Å². The fourth-order valence-corrected chi connectivity index (χ4v) is 0. The van der Waals surface area contributed by atoms with Gasteiger partial charge in [0.25, 0.3) is 0 Å². The molecule has 0 unspecified atom stereocenters. The van der Waals surface area contributed by atoms with Crippen LogP contribution in [0.15, 0.2) is 0 Å². The molecule has 0 saturated carbocycles. The zero-order chi connectivity index (χ0) is 7.00. The summed E-state index contributed by atoms with van der Waals surface area (Å²) in [7, 11) is -5.84. The summed E-state index contributed by atoms with van der Waals surface area (Å²) in [5.74, 6) is 0. The van der Waals surface area contributed by atoms with E-state index in [0.29, 0.717) is 0 Å². The summed E-state index contributed by atoms with van der Waals surface area (Å²) in [6.45, 7) is 0. The fourth-order valence-electron chi connectivity index (χ4n) is 0. The van der Waals surface area contributed by atoms with E-state index >= 15 is 0 Å². The van der Waals surface area contributed by atoms with E-state index in [0.717, 1.165) is 0 Å². The van der Waals surface area contributed by atoms with Crippen LogP contribution in [-0.4, -0.2) is 18.5 Å². The molecule has 9 heavy (non-hydrogen) atoms. The Morgan fingerprint density at radius 1 is 1.22 bits per heavy atom. The maximum Gasteiger partial charge on any atom is 0.522 e. The molecule has 0 aliphatic rings. The van der Waals surface area contributed by atoms with E-state index in [4.69, 9.17) is 13.0 Å². The topological polar surface area (TPSA) is 54.4 Å². The molecule has 0 bridgehead atoms. The first-order chi connectivity index (χ1) is 3.25. The van der Waals surface area contributed by atoms with Crippen molar-refractivity contribution in [1.29, 1.82) is 0 Å². The summed E-state index contributed by atoms with van der Waals surface area (Å²) in [4.78, 5) is 0. The van der Waals surface area contributed by atoms with E-state index in [9.17, 15) is 13.2 Å². The normalized spacial score (nSPS) is 12.4. The van der Waals surface area contributed by atoms with Crippen molar-refractivity contribution in [3.05, 3.63) is 0 Å². The number of alkyl halides is 3. The molecule has 1 radical (unpaired) electrons. The van der Waals surface area contributed by atoms with E-state index < -0.39 is 15.6 Å². The van der Waals surface area contributed by atoms with E-state index in [1.54, 1.807) is 0 Å². The van der Waals surface area contributed by atoms with Gasteiger partial charge in [0.15, 0.2) is 0 Å². The quantitative estimate of drug-likeness (QED) is 0.518. The molecule has 0 heterocycles. The second kappa shape index (κ2) is 3.36. The molecule has 0 aromatic carbocycles. The minimum absolute atomic E-state index is 0. The Labute approximate surface area is 78.2 Å². The number of hydrogen-bond acceptors (Lipinski definition) is 2. The molecule has 0 aromatic heterocycles. The van der Waals surface area contributed by atoms with Gasteiger partial charge in [-0.2, -0.15) is 21.6 Å². The maximum absolute atomic E-state index is 10.7. The molecule has 0 fully saturated rings. The van der Waals surface area contributed by atoms with Crippen molar-refractivity contribution in [2.75, 3.05) is 0 Å². The predicted molar refractivity (Wildman–Crippen MR) is 17.6 cm³/mol. The van der Waals surface area contributed by atoms with Crippen molar-refractivity contribution in [3.63, 3.8) is 0 Å². The first kappa shape index (κ1) is 12.6. The fraction of sp³-hybridized carbons (Fsp3) is 1.00. The largest absolute Gasteiger partial charge is 0.522 e. The van der Waals surface area contributed by atoms with Gasteiger partial charge in [-0.05, 0) is 0 Å². The van der Waals surface area contributed by atoms with Gasteiger partial charge in [-0.3, -0.25) is 4.55 Å². The van der Waals surface area contributed by atoms with Gasteiger partial charge >= 0.3 is 15.6 Å². The van der Waals surface area contributed by atoms with Gasteiger partial charge in [0.05, 0.1) is 0 Å². The van der Waals surface area contributed by atoms with Gasteiger partial charge in [0.1, 0.15) is 0 Å². The Kier molecular flexibility index (Phi) is 4.70. The van der Waals surface area contributed by atoms with Crippen molar-refractivity contribution in [2.45, 2.75) is 5.51 Å². The molecule has 0 aliphatic heterocycles. The molecule has 0 rings (SSSR count). The zero-order valence-electron chi connectivity index (χ0n) is 3.56. The van der Waals surface area contributed by atoms with Crippen molar-refractivity contribution in [1.82, 2.24) is 0 Å². The summed E-state index contributed by atoms with van der Waals surface area (Å²) in [5.41, 5.74) is -5.53. The molecular formula is CHF3LuO3S. The molecule has 3 nitrogen and oxygen atoms in total. The van der Waals surface area contributed by atoms with Gasteiger partial charge in [-0.15, -0.1) is 0 Å². The molecule has 0 spiro atoms. The van der Waals surface area contributed by atoms with Crippen LogP contribution in [0.2, 0.25) is 0 Å². The predicted octanol–water partition coefficient (Wildman–Crippen LogP) is 0.394. The summed E-state index contributed by atoms with van der Waals surface area (Å²) in [5, 5.41) is 0. The number of halogens is 3. The van der Waals surface area contributed by atoms with Gasteiger partial charge in [-0.25, -0.2) is 0 Å². The summed E-state index contributed by atoms with van der Waals surface area (Å²) >= 11 is 0. The van der Waals surface area contributed by atoms with Crippen LogP contribution < -0.4 is 0 Å². The molecule has 0 aliphatic carbocycles. The van der Waals surface area contributed by atoms with Gasteiger partial charge < -0.3 is 0 Å². The molecule has 0 atom stereocenters. The molecule has 0 saturated heterocycles. The molecule has 0 amide bonds. The Hall–Kier alpha value is 0.934. The SMILES string of the molecule is O=S(=O)(O)C(F)(F)F.[Lu]. The monoisotopic (exact) mass is 325 g/mol. The average molecular weight is 325 g/mol. The van der Waals surface area contributed by atoms with Crippen LogP contribution in [0, 0.1) is 36.9 Å². The van der Waals surface area contributed by atoms with Crippen molar-refractivity contribution in [2.24, 2.45) is 0 Å². The van der Waals surface area contributed by atoms with Crippen molar-refractivity contribution < 1.29 is 63.0 Å². The number of rotatable bonds is 0. The average Bonchev–Trinajstić information content (AvgIpc) is 1.25. The minimum atomic E-state index is -5.84. The third kappa shape index (κ3) is 4.35. The molecular weight excluding hydrogens is 324 g/mol. The van der Waals surface area contributed by atoms with Crippen LogP contribution in [0.25, 0.3) is 0 Å². The first-order valence-electron chi connectivity index (χ1n) is 1.29. The van der Waals surface area contributed by atoms with Crippen LogP contribution in [0.1, 0.15) is 0 Å². The second-order valence-electron chi connectivity index (χ2n) is 0.921.